The van der Waals surface area contributed by atoms with Crippen LogP contribution in [0.3, 0.4) is 0 Å². The Balaban J connectivity index is 1.38. The van der Waals surface area contributed by atoms with Crippen LogP contribution in [-0.4, -0.2) is 30.0 Å². The average molecular weight is 421 g/mol. The molecule has 4 aliphatic rings. The predicted octanol–water partition coefficient (Wildman–Crippen LogP) is 5.42. The SMILES string of the molecule is CC1CC2N(C)C(=O)CC[C@]2(C)[C@@H]2CC[C@]3(C)CC(Oc4ccc(C#N)cc4)C[C@H]3[C@H]12. The molecule has 4 nitrogen and oxygen atoms in total. The Bertz CT molecular complexity index is 905. The molecule has 0 bridgehead atoms. The van der Waals surface area contributed by atoms with E-state index in [-0.39, 0.29) is 11.5 Å². The molecule has 8 atom stereocenters. The normalized spacial score (nSPS) is 44.1. The molecule has 31 heavy (non-hydrogen) atoms. The fourth-order valence-corrected chi connectivity index (χ4v) is 8.35. The molecular weight excluding hydrogens is 384 g/mol. The van der Waals surface area contributed by atoms with E-state index in [0.29, 0.717) is 47.1 Å². The fraction of sp³-hybridized carbons (Fsp3) is 0.704. The standard InChI is InChI=1S/C27H36N2O2/c1-17-13-23-27(3,12-10-24(30)29(23)4)21-9-11-26(2)15-20(14-22(26)25(17)21)31-19-7-5-18(16-28)6-8-19/h5-8,17,20-23,25H,9-15H2,1-4H3/t17?,20?,21-,22+,23?,25-,26-,27-/m1/s1. The summed E-state index contributed by atoms with van der Waals surface area (Å²) in [5, 5.41) is 9.04. The van der Waals surface area contributed by atoms with Crippen LogP contribution < -0.4 is 4.74 Å². The summed E-state index contributed by atoms with van der Waals surface area (Å²) in [6.45, 7) is 7.45. The van der Waals surface area contributed by atoms with E-state index in [4.69, 9.17) is 10.00 Å². The van der Waals surface area contributed by atoms with E-state index >= 15 is 0 Å². The third kappa shape index (κ3) is 3.19. The molecule has 5 rings (SSSR count). The fourth-order valence-electron chi connectivity index (χ4n) is 8.35. The highest BCUT2D eigenvalue weighted by Gasteiger charge is 2.62. The molecule has 0 radical (unpaired) electrons. The van der Waals surface area contributed by atoms with Crippen molar-refractivity contribution in [1.82, 2.24) is 4.90 Å². The van der Waals surface area contributed by atoms with Crippen LogP contribution in [0.1, 0.15) is 71.3 Å². The van der Waals surface area contributed by atoms with Gasteiger partial charge in [-0.3, -0.25) is 4.79 Å². The summed E-state index contributed by atoms with van der Waals surface area (Å²) in [6, 6.07) is 10.2. The van der Waals surface area contributed by atoms with E-state index in [2.05, 4.69) is 31.7 Å². The number of carbonyl (C=O) groups excluding carboxylic acids is 1. The number of ether oxygens (including phenoxy) is 1. The number of carbonyl (C=O) groups is 1. The zero-order chi connectivity index (χ0) is 22.0. The summed E-state index contributed by atoms with van der Waals surface area (Å²) in [5.41, 5.74) is 1.29. The number of likely N-dealkylation sites (tertiary alicyclic amines) is 1. The maximum atomic E-state index is 12.4. The van der Waals surface area contributed by atoms with Crippen LogP contribution in [0.5, 0.6) is 5.75 Å². The summed E-state index contributed by atoms with van der Waals surface area (Å²) in [4.78, 5) is 14.5. The second kappa shape index (κ2) is 7.26. The van der Waals surface area contributed by atoms with E-state index in [0.717, 1.165) is 37.4 Å². The highest BCUT2D eigenvalue weighted by molar-refractivity contribution is 5.77. The Kier molecular flexibility index (Phi) is 4.88. The molecule has 1 aromatic carbocycles. The molecule has 4 fully saturated rings. The first kappa shape index (κ1) is 20.9. The van der Waals surface area contributed by atoms with Gasteiger partial charge in [-0.1, -0.05) is 20.8 Å². The molecule has 1 aliphatic heterocycles. The number of piperidine rings is 1. The molecule has 3 saturated carbocycles. The first-order chi connectivity index (χ1) is 14.7. The van der Waals surface area contributed by atoms with Crippen LogP contribution in [0.2, 0.25) is 0 Å². The number of fused-ring (bicyclic) bond motifs is 5. The van der Waals surface area contributed by atoms with Gasteiger partial charge in [0, 0.05) is 19.5 Å². The van der Waals surface area contributed by atoms with Gasteiger partial charge in [0.25, 0.3) is 0 Å². The summed E-state index contributed by atoms with van der Waals surface area (Å²) >= 11 is 0. The number of benzene rings is 1. The molecule has 1 heterocycles. The van der Waals surface area contributed by atoms with E-state index < -0.39 is 0 Å². The third-order valence-electron chi connectivity index (χ3n) is 9.95. The van der Waals surface area contributed by atoms with E-state index in [1.807, 2.05) is 31.3 Å². The molecule has 1 amide bonds. The number of amides is 1. The van der Waals surface area contributed by atoms with Crippen LogP contribution in [0.4, 0.5) is 0 Å². The number of rotatable bonds is 2. The number of nitrogens with zero attached hydrogens (tertiary/aromatic N) is 2. The van der Waals surface area contributed by atoms with Crippen LogP contribution >= 0.6 is 0 Å². The van der Waals surface area contributed by atoms with Gasteiger partial charge in [-0.25, -0.2) is 0 Å². The maximum Gasteiger partial charge on any atom is 0.222 e. The molecule has 3 aliphatic carbocycles. The van der Waals surface area contributed by atoms with Gasteiger partial charge in [-0.15, -0.1) is 0 Å². The van der Waals surface area contributed by atoms with Gasteiger partial charge in [-0.2, -0.15) is 5.26 Å². The Labute approximate surface area is 186 Å². The molecule has 0 spiro atoms. The van der Waals surface area contributed by atoms with Gasteiger partial charge in [0.05, 0.1) is 17.7 Å². The molecule has 1 saturated heterocycles. The summed E-state index contributed by atoms with van der Waals surface area (Å²) in [7, 11) is 2.04. The zero-order valence-electron chi connectivity index (χ0n) is 19.4. The topological polar surface area (TPSA) is 53.3 Å². The Hall–Kier alpha value is -2.02. The molecule has 4 heteroatoms. The van der Waals surface area contributed by atoms with Crippen molar-refractivity contribution < 1.29 is 9.53 Å². The molecule has 3 unspecified atom stereocenters. The van der Waals surface area contributed by atoms with Gasteiger partial charge in [0.15, 0.2) is 0 Å². The second-order valence-electron chi connectivity index (χ2n) is 11.5. The minimum Gasteiger partial charge on any atom is -0.490 e. The maximum absolute atomic E-state index is 12.4. The first-order valence-corrected chi connectivity index (χ1v) is 12.2. The van der Waals surface area contributed by atoms with E-state index in [1.54, 1.807) is 0 Å². The molecule has 0 aromatic heterocycles. The number of hydrogen-bond donors (Lipinski definition) is 0. The molecular formula is C27H36N2O2. The number of nitriles is 1. The molecule has 1 aromatic rings. The Morgan fingerprint density at radius 1 is 1.13 bits per heavy atom. The monoisotopic (exact) mass is 420 g/mol. The van der Waals surface area contributed by atoms with Crippen molar-refractivity contribution in [3.63, 3.8) is 0 Å². The lowest BCUT2D eigenvalue weighted by atomic mass is 9.45. The third-order valence-corrected chi connectivity index (χ3v) is 9.95. The second-order valence-corrected chi connectivity index (χ2v) is 11.5. The highest BCUT2D eigenvalue weighted by Crippen LogP contribution is 2.66. The van der Waals surface area contributed by atoms with Crippen molar-refractivity contribution >= 4 is 5.91 Å². The van der Waals surface area contributed by atoms with E-state index in [9.17, 15) is 4.79 Å². The van der Waals surface area contributed by atoms with Crippen molar-refractivity contribution in [3.8, 4) is 11.8 Å². The zero-order valence-corrected chi connectivity index (χ0v) is 19.4. The van der Waals surface area contributed by atoms with Gasteiger partial charge < -0.3 is 9.64 Å². The lowest BCUT2D eigenvalue weighted by molar-refractivity contribution is -0.164. The van der Waals surface area contributed by atoms with Crippen molar-refractivity contribution in [1.29, 1.82) is 5.26 Å². The predicted molar refractivity (Wildman–Crippen MR) is 120 cm³/mol. The summed E-state index contributed by atoms with van der Waals surface area (Å²) < 4.78 is 6.45. The Morgan fingerprint density at radius 3 is 2.58 bits per heavy atom. The highest BCUT2D eigenvalue weighted by atomic mass is 16.5. The first-order valence-electron chi connectivity index (χ1n) is 12.2. The van der Waals surface area contributed by atoms with Crippen LogP contribution in [-0.2, 0) is 4.79 Å². The lowest BCUT2D eigenvalue weighted by Crippen LogP contribution is -2.62. The van der Waals surface area contributed by atoms with Crippen LogP contribution in [0, 0.1) is 45.8 Å². The van der Waals surface area contributed by atoms with Gasteiger partial charge >= 0.3 is 0 Å². The summed E-state index contributed by atoms with van der Waals surface area (Å²) in [6.07, 6.45) is 8.02. The van der Waals surface area contributed by atoms with Gasteiger partial charge in [0.2, 0.25) is 5.91 Å². The van der Waals surface area contributed by atoms with Crippen molar-refractivity contribution in [2.75, 3.05) is 7.05 Å². The largest absolute Gasteiger partial charge is 0.490 e. The summed E-state index contributed by atoms with van der Waals surface area (Å²) in [5.74, 6) is 4.02. The average Bonchev–Trinajstić information content (AvgIpc) is 3.09. The van der Waals surface area contributed by atoms with E-state index in [1.165, 1.54) is 12.8 Å². The minimum absolute atomic E-state index is 0.257. The number of hydrogen-bond acceptors (Lipinski definition) is 3. The minimum atomic E-state index is 0.257. The van der Waals surface area contributed by atoms with Crippen molar-refractivity contribution in [3.05, 3.63) is 29.8 Å². The van der Waals surface area contributed by atoms with Gasteiger partial charge in [0.1, 0.15) is 5.75 Å². The van der Waals surface area contributed by atoms with Crippen molar-refractivity contribution in [2.45, 2.75) is 77.9 Å². The van der Waals surface area contributed by atoms with Gasteiger partial charge in [-0.05, 0) is 97.3 Å². The van der Waals surface area contributed by atoms with Crippen LogP contribution in [0.25, 0.3) is 0 Å². The quantitative estimate of drug-likeness (QED) is 0.642. The van der Waals surface area contributed by atoms with Crippen molar-refractivity contribution in [2.24, 2.45) is 34.5 Å². The lowest BCUT2D eigenvalue weighted by Gasteiger charge is -2.63. The Morgan fingerprint density at radius 2 is 1.87 bits per heavy atom. The molecule has 0 N–H and O–H groups in total. The smallest absolute Gasteiger partial charge is 0.222 e. The molecule has 166 valence electrons. The van der Waals surface area contributed by atoms with Crippen LogP contribution in [0.15, 0.2) is 24.3 Å².